The number of ether oxygens (including phenoxy) is 1. The van der Waals surface area contributed by atoms with Crippen LogP contribution in [0.25, 0.3) is 0 Å². The summed E-state index contributed by atoms with van der Waals surface area (Å²) in [6.45, 7) is 4.20. The number of aliphatic hydroxyl groups excluding tert-OH is 1. The van der Waals surface area contributed by atoms with Crippen LogP contribution in [0.2, 0.25) is 0 Å². The van der Waals surface area contributed by atoms with Crippen molar-refractivity contribution in [2.45, 2.75) is 31.8 Å². The standard InChI is InChI=1S/C18H28N2O3/c1-19-8-3-6-18(13-21)7-9-20(12-17(18)19)11-14-4-5-16(23-2)15(22)10-14/h4-5,10,17,21-22H,3,6-9,11-13H2,1-2H3/t17-,18-/m1/s1. The van der Waals surface area contributed by atoms with Crippen LogP contribution in [0.4, 0.5) is 0 Å². The van der Waals surface area contributed by atoms with Gasteiger partial charge in [0.15, 0.2) is 11.5 Å². The molecule has 5 heteroatoms. The average molecular weight is 320 g/mol. The second kappa shape index (κ2) is 6.67. The van der Waals surface area contributed by atoms with Gasteiger partial charge in [-0.1, -0.05) is 6.07 Å². The fraction of sp³-hybridized carbons (Fsp3) is 0.667. The molecule has 2 aliphatic rings. The summed E-state index contributed by atoms with van der Waals surface area (Å²) >= 11 is 0. The van der Waals surface area contributed by atoms with Crippen molar-refractivity contribution < 1.29 is 14.9 Å². The molecule has 2 fully saturated rings. The van der Waals surface area contributed by atoms with Crippen molar-refractivity contribution in [3.05, 3.63) is 23.8 Å². The van der Waals surface area contributed by atoms with E-state index in [1.165, 1.54) is 6.42 Å². The summed E-state index contributed by atoms with van der Waals surface area (Å²) in [5.41, 5.74) is 1.17. The molecule has 2 aliphatic heterocycles. The number of likely N-dealkylation sites (N-methyl/N-ethyl adjacent to an activating group) is 1. The third kappa shape index (κ3) is 3.18. The smallest absolute Gasteiger partial charge is 0.160 e. The van der Waals surface area contributed by atoms with Crippen LogP contribution in [0.5, 0.6) is 11.5 Å². The van der Waals surface area contributed by atoms with E-state index < -0.39 is 0 Å². The molecule has 5 nitrogen and oxygen atoms in total. The number of hydrogen-bond acceptors (Lipinski definition) is 5. The zero-order valence-corrected chi connectivity index (χ0v) is 14.2. The van der Waals surface area contributed by atoms with Gasteiger partial charge in [0.1, 0.15) is 0 Å². The molecule has 0 saturated carbocycles. The highest BCUT2D eigenvalue weighted by atomic mass is 16.5. The maximum Gasteiger partial charge on any atom is 0.160 e. The van der Waals surface area contributed by atoms with Crippen LogP contribution in [0, 0.1) is 5.41 Å². The zero-order valence-electron chi connectivity index (χ0n) is 14.2. The largest absolute Gasteiger partial charge is 0.504 e. The minimum absolute atomic E-state index is 0.0749. The first kappa shape index (κ1) is 16.6. The Morgan fingerprint density at radius 3 is 2.83 bits per heavy atom. The molecule has 2 N–H and O–H groups in total. The Morgan fingerprint density at radius 2 is 2.13 bits per heavy atom. The number of hydrogen-bond donors (Lipinski definition) is 2. The van der Waals surface area contributed by atoms with E-state index in [9.17, 15) is 10.2 Å². The normalized spacial score (nSPS) is 29.3. The van der Waals surface area contributed by atoms with E-state index in [1.807, 2.05) is 12.1 Å². The number of benzene rings is 1. The van der Waals surface area contributed by atoms with Crippen molar-refractivity contribution in [1.29, 1.82) is 0 Å². The molecular weight excluding hydrogens is 292 g/mol. The molecule has 23 heavy (non-hydrogen) atoms. The molecular formula is C18H28N2O3. The first-order valence-electron chi connectivity index (χ1n) is 8.47. The lowest BCUT2D eigenvalue weighted by Gasteiger charge is -2.53. The van der Waals surface area contributed by atoms with Crippen molar-refractivity contribution in [2.75, 3.05) is 40.4 Å². The fourth-order valence-electron chi connectivity index (χ4n) is 4.31. The summed E-state index contributed by atoms with van der Waals surface area (Å²) in [6, 6.07) is 6.04. The van der Waals surface area contributed by atoms with Crippen molar-refractivity contribution in [3.63, 3.8) is 0 Å². The number of piperidine rings is 2. The van der Waals surface area contributed by atoms with Crippen LogP contribution < -0.4 is 4.74 Å². The molecule has 0 unspecified atom stereocenters. The Balaban J connectivity index is 1.70. The highest BCUT2D eigenvalue weighted by Crippen LogP contribution is 2.41. The molecule has 0 amide bonds. The molecule has 2 saturated heterocycles. The Labute approximate surface area is 138 Å². The number of nitrogens with zero attached hydrogens (tertiary/aromatic N) is 2. The molecule has 2 heterocycles. The van der Waals surface area contributed by atoms with Crippen LogP contribution in [0.3, 0.4) is 0 Å². The zero-order chi connectivity index (χ0) is 16.4. The number of likely N-dealkylation sites (tertiary alicyclic amines) is 2. The molecule has 0 aromatic heterocycles. The number of fused-ring (bicyclic) bond motifs is 1. The number of aliphatic hydroxyl groups is 1. The summed E-state index contributed by atoms with van der Waals surface area (Å²) in [6.07, 6.45) is 3.36. The van der Waals surface area contributed by atoms with Gasteiger partial charge in [-0.05, 0) is 57.1 Å². The third-order valence-electron chi connectivity index (χ3n) is 5.75. The molecule has 1 aromatic carbocycles. The lowest BCUT2D eigenvalue weighted by molar-refractivity contribution is -0.0684. The molecule has 128 valence electrons. The topological polar surface area (TPSA) is 56.2 Å². The highest BCUT2D eigenvalue weighted by molar-refractivity contribution is 5.41. The Morgan fingerprint density at radius 1 is 1.30 bits per heavy atom. The average Bonchev–Trinajstić information content (AvgIpc) is 2.56. The second-order valence-corrected chi connectivity index (χ2v) is 7.11. The monoisotopic (exact) mass is 320 g/mol. The number of aromatic hydroxyl groups is 1. The molecule has 3 rings (SSSR count). The summed E-state index contributed by atoms with van der Waals surface area (Å²) < 4.78 is 5.10. The predicted octanol–water partition coefficient (Wildman–Crippen LogP) is 1.68. The Kier molecular flexibility index (Phi) is 4.80. The van der Waals surface area contributed by atoms with Gasteiger partial charge >= 0.3 is 0 Å². The van der Waals surface area contributed by atoms with E-state index in [2.05, 4.69) is 16.8 Å². The van der Waals surface area contributed by atoms with E-state index in [1.54, 1.807) is 13.2 Å². The van der Waals surface area contributed by atoms with Crippen molar-refractivity contribution in [3.8, 4) is 11.5 Å². The first-order chi connectivity index (χ1) is 11.1. The SMILES string of the molecule is COc1ccc(CN2CC[C@@]3(CO)CCCN(C)[C@@H]3C2)cc1O. The summed E-state index contributed by atoms with van der Waals surface area (Å²) in [4.78, 5) is 4.85. The number of phenolic OH excluding ortho intramolecular Hbond substituents is 1. The molecule has 0 aliphatic carbocycles. The summed E-state index contributed by atoms with van der Waals surface area (Å²) in [5.74, 6) is 0.709. The van der Waals surface area contributed by atoms with E-state index in [-0.39, 0.29) is 11.2 Å². The minimum Gasteiger partial charge on any atom is -0.504 e. The molecule has 1 aromatic rings. The van der Waals surface area contributed by atoms with E-state index in [0.29, 0.717) is 18.4 Å². The quantitative estimate of drug-likeness (QED) is 0.884. The fourth-order valence-corrected chi connectivity index (χ4v) is 4.31. The van der Waals surface area contributed by atoms with Crippen molar-refractivity contribution in [1.82, 2.24) is 9.80 Å². The van der Waals surface area contributed by atoms with E-state index >= 15 is 0 Å². The Hall–Kier alpha value is -1.30. The predicted molar refractivity (Wildman–Crippen MR) is 89.7 cm³/mol. The number of rotatable bonds is 4. The van der Waals surface area contributed by atoms with Crippen LogP contribution in [-0.2, 0) is 6.54 Å². The van der Waals surface area contributed by atoms with Gasteiger partial charge < -0.3 is 19.8 Å². The number of phenols is 1. The Bertz CT molecular complexity index is 551. The molecule has 0 radical (unpaired) electrons. The van der Waals surface area contributed by atoms with Crippen molar-refractivity contribution in [2.24, 2.45) is 5.41 Å². The van der Waals surface area contributed by atoms with Crippen LogP contribution in [-0.4, -0.2) is 66.5 Å². The summed E-state index contributed by atoms with van der Waals surface area (Å²) in [5, 5.41) is 19.9. The highest BCUT2D eigenvalue weighted by Gasteiger charge is 2.46. The van der Waals surface area contributed by atoms with Gasteiger partial charge in [-0.25, -0.2) is 0 Å². The van der Waals surface area contributed by atoms with E-state index in [4.69, 9.17) is 4.74 Å². The lowest BCUT2D eigenvalue weighted by Crippen LogP contribution is -2.61. The maximum absolute atomic E-state index is 9.97. The van der Waals surface area contributed by atoms with Gasteiger partial charge in [0.05, 0.1) is 13.7 Å². The van der Waals surface area contributed by atoms with Gasteiger partial charge in [0, 0.05) is 24.5 Å². The van der Waals surface area contributed by atoms with E-state index in [0.717, 1.165) is 44.6 Å². The maximum atomic E-state index is 9.97. The second-order valence-electron chi connectivity index (χ2n) is 7.11. The molecule has 0 spiro atoms. The van der Waals surface area contributed by atoms with Gasteiger partial charge in [0.2, 0.25) is 0 Å². The first-order valence-corrected chi connectivity index (χ1v) is 8.47. The molecule has 0 bridgehead atoms. The van der Waals surface area contributed by atoms with Crippen LogP contribution >= 0.6 is 0 Å². The van der Waals surface area contributed by atoms with Gasteiger partial charge in [-0.15, -0.1) is 0 Å². The van der Waals surface area contributed by atoms with Crippen molar-refractivity contribution >= 4 is 0 Å². The minimum atomic E-state index is 0.0749. The van der Waals surface area contributed by atoms with Crippen LogP contribution in [0.1, 0.15) is 24.8 Å². The molecule has 2 atom stereocenters. The van der Waals surface area contributed by atoms with Crippen LogP contribution in [0.15, 0.2) is 18.2 Å². The third-order valence-corrected chi connectivity index (χ3v) is 5.75. The number of methoxy groups -OCH3 is 1. The van der Waals surface area contributed by atoms with Gasteiger partial charge in [-0.2, -0.15) is 0 Å². The summed E-state index contributed by atoms with van der Waals surface area (Å²) in [7, 11) is 3.74. The lowest BCUT2D eigenvalue weighted by atomic mass is 9.69. The van der Waals surface area contributed by atoms with Gasteiger partial charge in [-0.3, -0.25) is 4.90 Å². The van der Waals surface area contributed by atoms with Gasteiger partial charge in [0.25, 0.3) is 0 Å².